The van der Waals surface area contributed by atoms with Crippen LogP contribution in [0, 0.1) is 0 Å². The molecule has 1 aliphatic rings. The van der Waals surface area contributed by atoms with Gasteiger partial charge in [0.2, 0.25) is 5.91 Å². The predicted molar refractivity (Wildman–Crippen MR) is 123 cm³/mol. The lowest BCUT2D eigenvalue weighted by Crippen LogP contribution is -2.53. The predicted octanol–water partition coefficient (Wildman–Crippen LogP) is 6.21. The van der Waals surface area contributed by atoms with Gasteiger partial charge in [-0.1, -0.05) is 12.1 Å². The molecule has 1 aliphatic heterocycles. The molecular weight excluding hydrogens is 475 g/mol. The molecule has 1 unspecified atom stereocenters. The van der Waals surface area contributed by atoms with E-state index in [1.54, 1.807) is 20.8 Å². The molecule has 2 aromatic heterocycles. The van der Waals surface area contributed by atoms with Crippen molar-refractivity contribution < 1.29 is 27.5 Å². The zero-order chi connectivity index (χ0) is 24.1. The third-order valence-corrected chi connectivity index (χ3v) is 7.17. The van der Waals surface area contributed by atoms with E-state index in [1.165, 1.54) is 18.3 Å². The van der Waals surface area contributed by atoms with Gasteiger partial charge in [0.25, 0.3) is 0 Å². The van der Waals surface area contributed by atoms with Crippen molar-refractivity contribution >= 4 is 49.9 Å². The molecule has 6 nitrogen and oxygen atoms in total. The number of benzene rings is 1. The summed E-state index contributed by atoms with van der Waals surface area (Å²) >= 11 is 2.52. The highest BCUT2D eigenvalue weighted by molar-refractivity contribution is 7.22. The van der Waals surface area contributed by atoms with Crippen molar-refractivity contribution in [3.05, 3.63) is 34.7 Å². The first-order valence-corrected chi connectivity index (χ1v) is 11.8. The average Bonchev–Trinajstić information content (AvgIpc) is 3.24. The number of ether oxygens (including phenoxy) is 1. The van der Waals surface area contributed by atoms with Crippen molar-refractivity contribution in [2.45, 2.75) is 58.5 Å². The molecule has 11 heteroatoms. The zero-order valence-corrected chi connectivity index (χ0v) is 20.0. The molecule has 1 N–H and O–H groups in total. The van der Waals surface area contributed by atoms with Crippen LogP contribution in [-0.2, 0) is 22.5 Å². The molecular formula is C22H22F3N3O3S2. The lowest BCUT2D eigenvalue weighted by atomic mass is 9.96. The topological polar surface area (TPSA) is 71.5 Å². The van der Waals surface area contributed by atoms with E-state index in [0.29, 0.717) is 26.0 Å². The van der Waals surface area contributed by atoms with Gasteiger partial charge in [-0.25, -0.2) is 9.78 Å². The molecule has 0 bridgehead atoms. The number of nitrogens with one attached hydrogen (secondary N) is 1. The van der Waals surface area contributed by atoms with Crippen LogP contribution in [0.1, 0.15) is 38.1 Å². The molecule has 1 atom stereocenters. The molecule has 0 saturated heterocycles. The van der Waals surface area contributed by atoms with E-state index < -0.39 is 30.3 Å². The molecule has 1 aromatic carbocycles. The summed E-state index contributed by atoms with van der Waals surface area (Å²) in [6.07, 6.45) is -6.12. The van der Waals surface area contributed by atoms with Crippen LogP contribution < -0.4 is 5.32 Å². The number of aromatic nitrogens is 1. The summed E-state index contributed by atoms with van der Waals surface area (Å²) in [7, 11) is 0. The monoisotopic (exact) mass is 497 g/mol. The quantitative estimate of drug-likeness (QED) is 0.457. The van der Waals surface area contributed by atoms with Gasteiger partial charge in [-0.05, 0) is 38.5 Å². The largest absolute Gasteiger partial charge is 0.444 e. The van der Waals surface area contributed by atoms with Gasteiger partial charge in [0.15, 0.2) is 0 Å². The van der Waals surface area contributed by atoms with Gasteiger partial charge < -0.3 is 10.1 Å². The van der Waals surface area contributed by atoms with E-state index in [2.05, 4.69) is 10.3 Å². The number of hydrogen-bond donors (Lipinski definition) is 1. The maximum Gasteiger partial charge on any atom is 0.411 e. The summed E-state index contributed by atoms with van der Waals surface area (Å²) < 4.78 is 48.3. The van der Waals surface area contributed by atoms with Gasteiger partial charge in [0.05, 0.1) is 16.8 Å². The molecule has 3 aromatic rings. The number of amides is 2. The van der Waals surface area contributed by atoms with Gasteiger partial charge in [-0.2, -0.15) is 13.2 Å². The minimum atomic E-state index is -4.66. The minimum absolute atomic E-state index is 0.267. The van der Waals surface area contributed by atoms with Gasteiger partial charge in [0.1, 0.15) is 21.7 Å². The van der Waals surface area contributed by atoms with E-state index in [9.17, 15) is 22.8 Å². The molecule has 4 rings (SSSR count). The van der Waals surface area contributed by atoms with E-state index in [4.69, 9.17) is 4.74 Å². The van der Waals surface area contributed by atoms with Gasteiger partial charge >= 0.3 is 12.3 Å². The second-order valence-electron chi connectivity index (χ2n) is 8.75. The number of alkyl halides is 3. The average molecular weight is 498 g/mol. The first-order valence-electron chi connectivity index (χ1n) is 10.2. The number of nitrogens with zero attached hydrogens (tertiary/aromatic N) is 2. The Kier molecular flexibility index (Phi) is 5.90. The summed E-state index contributed by atoms with van der Waals surface area (Å²) in [5, 5.41) is 3.70. The molecule has 0 radical (unpaired) electrons. The van der Waals surface area contributed by atoms with Crippen LogP contribution in [0.2, 0.25) is 0 Å². The first-order chi connectivity index (χ1) is 15.3. The number of hydrogen-bond acceptors (Lipinski definition) is 6. The van der Waals surface area contributed by atoms with Crippen molar-refractivity contribution in [3.8, 4) is 10.6 Å². The summed E-state index contributed by atoms with van der Waals surface area (Å²) in [5.74, 6) is -0.340. The van der Waals surface area contributed by atoms with Crippen LogP contribution >= 0.6 is 22.7 Å². The summed E-state index contributed by atoms with van der Waals surface area (Å²) in [6, 6.07) is 5.36. The minimum Gasteiger partial charge on any atom is -0.444 e. The number of carbonyl (C=O) groups excluding carboxylic acids is 2. The fourth-order valence-corrected chi connectivity index (χ4v) is 6.07. The van der Waals surface area contributed by atoms with Crippen LogP contribution in [0.4, 0.5) is 23.0 Å². The Hall–Kier alpha value is -2.66. The van der Waals surface area contributed by atoms with E-state index >= 15 is 0 Å². The Bertz CT molecular complexity index is 1190. The lowest BCUT2D eigenvalue weighted by Gasteiger charge is -2.37. The highest BCUT2D eigenvalue weighted by atomic mass is 32.1. The molecule has 33 heavy (non-hydrogen) atoms. The summed E-state index contributed by atoms with van der Waals surface area (Å²) in [6.45, 7) is 5.89. The fraction of sp³-hybridized carbons (Fsp3) is 0.409. The molecule has 3 heterocycles. The van der Waals surface area contributed by atoms with Crippen molar-refractivity contribution in [2.24, 2.45) is 0 Å². The highest BCUT2D eigenvalue weighted by Crippen LogP contribution is 2.48. The molecule has 0 aliphatic carbocycles. The second-order valence-corrected chi connectivity index (χ2v) is 10.9. The summed E-state index contributed by atoms with van der Waals surface area (Å²) in [4.78, 5) is 30.4. The fourth-order valence-electron chi connectivity index (χ4n) is 3.68. The summed E-state index contributed by atoms with van der Waals surface area (Å²) in [5.41, 5.74) is 0.732. The third kappa shape index (κ3) is 4.84. The van der Waals surface area contributed by atoms with Crippen LogP contribution in [-0.4, -0.2) is 39.7 Å². The Balaban J connectivity index is 1.83. The molecule has 0 spiro atoms. The van der Waals surface area contributed by atoms with Gasteiger partial charge in [-0.3, -0.25) is 9.69 Å². The number of halogens is 3. The van der Waals surface area contributed by atoms with Crippen LogP contribution in [0.5, 0.6) is 0 Å². The van der Waals surface area contributed by atoms with Crippen LogP contribution in [0.25, 0.3) is 20.8 Å². The van der Waals surface area contributed by atoms with Crippen molar-refractivity contribution in [1.29, 1.82) is 0 Å². The number of fused-ring (bicyclic) bond motifs is 2. The number of carbonyl (C=O) groups is 2. The Morgan fingerprint density at radius 2 is 1.88 bits per heavy atom. The number of para-hydroxylation sites is 1. The van der Waals surface area contributed by atoms with E-state index in [0.717, 1.165) is 26.5 Å². The Morgan fingerprint density at radius 1 is 1.18 bits per heavy atom. The van der Waals surface area contributed by atoms with Crippen molar-refractivity contribution in [3.63, 3.8) is 0 Å². The van der Waals surface area contributed by atoms with Crippen LogP contribution in [0.15, 0.2) is 24.3 Å². The number of thiazole rings is 1. The van der Waals surface area contributed by atoms with Crippen molar-refractivity contribution in [2.75, 3.05) is 5.32 Å². The smallest absolute Gasteiger partial charge is 0.411 e. The number of anilines is 1. The maximum absolute atomic E-state index is 14.1. The first kappa shape index (κ1) is 23.5. The zero-order valence-electron chi connectivity index (χ0n) is 18.4. The lowest BCUT2D eigenvalue weighted by molar-refractivity contribution is -0.183. The number of thiophene rings is 1. The van der Waals surface area contributed by atoms with Gasteiger partial charge in [-0.15, -0.1) is 22.7 Å². The molecule has 0 fully saturated rings. The van der Waals surface area contributed by atoms with Gasteiger partial charge in [0, 0.05) is 23.8 Å². The standard InChI is InChI=1S/C22H22F3N3O3S2/c1-11(29)26-18-17(19-27-13-7-5-6-8-14(13)32-19)12-9-16(22(23,24)25)28(10-15(12)33-18)20(30)31-21(2,3)4/h5-8,16H,9-10H2,1-4H3,(H,26,29). The molecule has 0 saturated carbocycles. The molecule has 176 valence electrons. The SMILES string of the molecule is CC(=O)Nc1sc2c(c1-c1nc3ccccc3s1)CC(C(F)(F)F)N(C(=O)OC(C)(C)C)C2. The highest BCUT2D eigenvalue weighted by Gasteiger charge is 2.50. The van der Waals surface area contributed by atoms with E-state index in [1.807, 2.05) is 24.3 Å². The molecule has 2 amide bonds. The third-order valence-electron chi connectivity index (χ3n) is 4.98. The Morgan fingerprint density at radius 3 is 2.48 bits per heavy atom. The van der Waals surface area contributed by atoms with E-state index in [-0.39, 0.29) is 12.5 Å². The maximum atomic E-state index is 14.1. The normalized spacial score (nSPS) is 16.6. The second kappa shape index (κ2) is 8.28. The van der Waals surface area contributed by atoms with Crippen molar-refractivity contribution in [1.82, 2.24) is 9.88 Å². The van der Waals surface area contributed by atoms with Crippen LogP contribution in [0.3, 0.4) is 0 Å². The number of rotatable bonds is 2. The Labute approximate surface area is 196 Å².